The summed E-state index contributed by atoms with van der Waals surface area (Å²) in [4.78, 5) is 51.8. The molecule has 2 saturated heterocycles. The summed E-state index contributed by atoms with van der Waals surface area (Å²) in [6.07, 6.45) is 4.03. The lowest BCUT2D eigenvalue weighted by Crippen LogP contribution is -2.54. The fraction of sp³-hybridized carbons (Fsp3) is 0.565. The Labute approximate surface area is 183 Å². The lowest BCUT2D eigenvalue weighted by Gasteiger charge is -2.39. The van der Waals surface area contributed by atoms with Gasteiger partial charge in [-0.3, -0.25) is 29.4 Å². The van der Waals surface area contributed by atoms with Crippen LogP contribution in [0.1, 0.15) is 64.4 Å². The van der Waals surface area contributed by atoms with Gasteiger partial charge in [0, 0.05) is 43.7 Å². The maximum Gasteiger partial charge on any atom is 0.249 e. The zero-order valence-electron chi connectivity index (χ0n) is 18.5. The highest BCUT2D eigenvalue weighted by atomic mass is 16.2. The average molecular weight is 429 g/mol. The highest BCUT2D eigenvalue weighted by Crippen LogP contribution is 2.40. The van der Waals surface area contributed by atoms with Crippen molar-refractivity contribution in [2.24, 2.45) is 0 Å². The molecular formula is C23H32N4O4. The average Bonchev–Trinajstić information content (AvgIpc) is 2.75. The highest BCUT2D eigenvalue weighted by molar-refractivity contribution is 6.07. The van der Waals surface area contributed by atoms with E-state index in [1.807, 2.05) is 12.1 Å². The molecule has 4 amide bonds. The van der Waals surface area contributed by atoms with E-state index < -0.39 is 11.9 Å². The van der Waals surface area contributed by atoms with Gasteiger partial charge in [0.15, 0.2) is 0 Å². The van der Waals surface area contributed by atoms with E-state index in [-0.39, 0.29) is 30.2 Å². The van der Waals surface area contributed by atoms with Gasteiger partial charge in [0.25, 0.3) is 0 Å². The number of anilines is 2. The van der Waals surface area contributed by atoms with E-state index in [2.05, 4.69) is 35.4 Å². The first-order valence-electron chi connectivity index (χ1n) is 11.1. The number of hydrogen-bond acceptors (Lipinski definition) is 5. The molecule has 0 bridgehead atoms. The number of carbonyl (C=O) groups excluding carboxylic acids is 4. The van der Waals surface area contributed by atoms with Crippen molar-refractivity contribution in [2.75, 3.05) is 22.9 Å². The van der Waals surface area contributed by atoms with E-state index >= 15 is 0 Å². The van der Waals surface area contributed by atoms with Crippen LogP contribution in [0, 0.1) is 0 Å². The Morgan fingerprint density at radius 2 is 2.13 bits per heavy atom. The first-order chi connectivity index (χ1) is 14.9. The van der Waals surface area contributed by atoms with Gasteiger partial charge in [-0.2, -0.15) is 0 Å². The Hall–Kier alpha value is -2.90. The molecule has 0 saturated carbocycles. The number of amides is 4. The van der Waals surface area contributed by atoms with Crippen molar-refractivity contribution in [1.82, 2.24) is 10.6 Å². The van der Waals surface area contributed by atoms with Crippen molar-refractivity contribution in [3.05, 3.63) is 23.8 Å². The molecule has 3 atom stereocenters. The number of hydrogen-bond donors (Lipinski definition) is 2. The lowest BCUT2D eigenvalue weighted by molar-refractivity contribution is -0.135. The second-order valence-corrected chi connectivity index (χ2v) is 8.44. The van der Waals surface area contributed by atoms with Crippen molar-refractivity contribution >= 4 is 35.5 Å². The van der Waals surface area contributed by atoms with Gasteiger partial charge in [0.2, 0.25) is 24.1 Å². The molecule has 31 heavy (non-hydrogen) atoms. The van der Waals surface area contributed by atoms with Gasteiger partial charge >= 0.3 is 0 Å². The molecule has 1 aromatic carbocycles. The number of carbonyl (C=O) groups is 4. The van der Waals surface area contributed by atoms with Crippen molar-refractivity contribution < 1.29 is 19.2 Å². The molecule has 2 heterocycles. The van der Waals surface area contributed by atoms with Crippen LogP contribution in [-0.2, 0) is 19.2 Å². The SMILES string of the molecule is CCC(C)c1c(N2CCCC(NC=O)C2)cccc1N(C(C)=O)C1CCC(=O)NC1=O. The number of nitrogens with one attached hydrogen (secondary N) is 2. The fourth-order valence-electron chi connectivity index (χ4n) is 4.65. The minimum Gasteiger partial charge on any atom is -0.369 e. The number of imide groups is 1. The maximum atomic E-state index is 12.8. The Morgan fingerprint density at radius 3 is 2.77 bits per heavy atom. The van der Waals surface area contributed by atoms with Gasteiger partial charge in [0.1, 0.15) is 6.04 Å². The first-order valence-corrected chi connectivity index (χ1v) is 11.1. The van der Waals surface area contributed by atoms with Crippen LogP contribution in [0.3, 0.4) is 0 Å². The van der Waals surface area contributed by atoms with Gasteiger partial charge in [-0.15, -0.1) is 0 Å². The van der Waals surface area contributed by atoms with E-state index in [1.165, 1.54) is 6.92 Å². The predicted octanol–water partition coefficient (Wildman–Crippen LogP) is 2.07. The minimum absolute atomic E-state index is 0.0822. The fourth-order valence-corrected chi connectivity index (χ4v) is 4.65. The molecule has 2 aliphatic rings. The Balaban J connectivity index is 2.05. The van der Waals surface area contributed by atoms with Gasteiger partial charge < -0.3 is 10.2 Å². The van der Waals surface area contributed by atoms with Gasteiger partial charge in [0.05, 0.1) is 5.69 Å². The molecule has 3 unspecified atom stereocenters. The molecule has 8 heteroatoms. The molecule has 168 valence electrons. The van der Waals surface area contributed by atoms with Crippen LogP contribution in [0.15, 0.2) is 18.2 Å². The Bertz CT molecular complexity index is 856. The zero-order valence-corrected chi connectivity index (χ0v) is 18.5. The minimum atomic E-state index is -0.709. The number of benzene rings is 1. The summed E-state index contributed by atoms with van der Waals surface area (Å²) < 4.78 is 0. The van der Waals surface area contributed by atoms with Crippen molar-refractivity contribution in [1.29, 1.82) is 0 Å². The van der Waals surface area contributed by atoms with Crippen molar-refractivity contribution in [3.8, 4) is 0 Å². The van der Waals surface area contributed by atoms with E-state index in [1.54, 1.807) is 4.90 Å². The summed E-state index contributed by atoms with van der Waals surface area (Å²) in [6.45, 7) is 7.24. The Morgan fingerprint density at radius 1 is 1.35 bits per heavy atom. The van der Waals surface area contributed by atoms with Crippen LogP contribution >= 0.6 is 0 Å². The molecular weight excluding hydrogens is 396 g/mol. The molecule has 8 nitrogen and oxygen atoms in total. The van der Waals surface area contributed by atoms with Crippen molar-refractivity contribution in [3.63, 3.8) is 0 Å². The number of piperidine rings is 2. The first kappa shape index (κ1) is 22.8. The predicted molar refractivity (Wildman–Crippen MR) is 119 cm³/mol. The van der Waals surface area contributed by atoms with Crippen LogP contribution < -0.4 is 20.4 Å². The molecule has 2 fully saturated rings. The summed E-state index contributed by atoms with van der Waals surface area (Å²) >= 11 is 0. The molecule has 0 spiro atoms. The number of rotatable bonds is 7. The molecule has 3 rings (SSSR count). The number of nitrogens with zero attached hydrogens (tertiary/aromatic N) is 2. The summed E-state index contributed by atoms with van der Waals surface area (Å²) in [7, 11) is 0. The van der Waals surface area contributed by atoms with Crippen LogP contribution in [0.5, 0.6) is 0 Å². The normalized spacial score (nSPS) is 22.5. The van der Waals surface area contributed by atoms with E-state index in [0.717, 1.165) is 49.2 Å². The largest absolute Gasteiger partial charge is 0.369 e. The highest BCUT2D eigenvalue weighted by Gasteiger charge is 2.36. The Kier molecular flexibility index (Phi) is 7.30. The molecule has 1 aromatic rings. The third-order valence-electron chi connectivity index (χ3n) is 6.35. The van der Waals surface area contributed by atoms with E-state index in [0.29, 0.717) is 13.0 Å². The monoisotopic (exact) mass is 428 g/mol. The van der Waals surface area contributed by atoms with Crippen LogP contribution in [0.4, 0.5) is 11.4 Å². The summed E-state index contributed by atoms with van der Waals surface area (Å²) in [5.41, 5.74) is 2.78. The molecule has 0 aliphatic carbocycles. The quantitative estimate of drug-likeness (QED) is 0.512. The second kappa shape index (κ2) is 9.94. The van der Waals surface area contributed by atoms with Crippen LogP contribution in [0.2, 0.25) is 0 Å². The van der Waals surface area contributed by atoms with E-state index in [9.17, 15) is 19.2 Å². The summed E-state index contributed by atoms with van der Waals surface area (Å²) in [5.74, 6) is -0.807. The zero-order chi connectivity index (χ0) is 22.5. The standard InChI is InChI=1S/C23H32N4O4/c1-4-15(2)22-18(26-12-6-7-17(13-26)24-14-28)8-5-9-19(22)27(16(3)29)20-10-11-21(30)25-23(20)31/h5,8-9,14-15,17,20H,4,6-7,10-13H2,1-3H3,(H,24,28)(H,25,30,31). The second-order valence-electron chi connectivity index (χ2n) is 8.44. The summed E-state index contributed by atoms with van der Waals surface area (Å²) in [6, 6.07) is 5.23. The van der Waals surface area contributed by atoms with Gasteiger partial charge in [-0.1, -0.05) is 19.9 Å². The van der Waals surface area contributed by atoms with Crippen LogP contribution in [0.25, 0.3) is 0 Å². The molecule has 2 aliphatic heterocycles. The molecule has 0 radical (unpaired) electrons. The third kappa shape index (κ3) is 4.89. The van der Waals surface area contributed by atoms with E-state index in [4.69, 9.17) is 0 Å². The van der Waals surface area contributed by atoms with Crippen molar-refractivity contribution in [2.45, 2.75) is 70.9 Å². The molecule has 2 N–H and O–H groups in total. The lowest BCUT2D eigenvalue weighted by atomic mass is 9.91. The maximum absolute atomic E-state index is 12.8. The van der Waals surface area contributed by atoms with Gasteiger partial charge in [-0.25, -0.2) is 0 Å². The topological polar surface area (TPSA) is 98.8 Å². The smallest absolute Gasteiger partial charge is 0.249 e. The summed E-state index contributed by atoms with van der Waals surface area (Å²) in [5, 5.41) is 5.26. The third-order valence-corrected chi connectivity index (χ3v) is 6.35. The van der Waals surface area contributed by atoms with Gasteiger partial charge in [-0.05, 0) is 43.7 Å². The molecule has 0 aromatic heterocycles. The van der Waals surface area contributed by atoms with Crippen LogP contribution in [-0.4, -0.2) is 49.3 Å².